The van der Waals surface area contributed by atoms with E-state index in [-0.39, 0.29) is 34.9 Å². The smallest absolute Gasteiger partial charge is 0.329 e. The van der Waals surface area contributed by atoms with Crippen molar-refractivity contribution in [1.29, 1.82) is 0 Å². The number of phenolic OH excluding ortho intramolecular Hbond substituents is 2. The zero-order valence-corrected chi connectivity index (χ0v) is 17.3. The van der Waals surface area contributed by atoms with Gasteiger partial charge in [0, 0.05) is 31.7 Å². The molecule has 10 heteroatoms. The predicted molar refractivity (Wildman–Crippen MR) is 117 cm³/mol. The fourth-order valence-electron chi connectivity index (χ4n) is 3.64. The third-order valence-electron chi connectivity index (χ3n) is 5.44. The van der Waals surface area contributed by atoms with E-state index in [4.69, 9.17) is 4.74 Å². The summed E-state index contributed by atoms with van der Waals surface area (Å²) in [6.07, 6.45) is 0. The number of hydrogen-bond acceptors (Lipinski definition) is 7. The molecule has 10 nitrogen and oxygen atoms in total. The number of aromatic amines is 1. The molecule has 1 amide bonds. The number of phenols is 2. The highest BCUT2D eigenvalue weighted by molar-refractivity contribution is 5.97. The van der Waals surface area contributed by atoms with Crippen molar-refractivity contribution in [2.24, 2.45) is 0 Å². The monoisotopic (exact) mass is 440 g/mol. The molecule has 32 heavy (non-hydrogen) atoms. The van der Waals surface area contributed by atoms with Crippen molar-refractivity contribution in [3.05, 3.63) is 68.4 Å². The molecule has 0 radical (unpaired) electrons. The second-order valence-electron chi connectivity index (χ2n) is 7.61. The SMILES string of the molecule is O=C(NCCN1CCOCC1)c1ccc2c(=O)n(Cc3ccc(O)c(O)c3)c(=O)[nH]c2c1. The number of morpholine rings is 1. The van der Waals surface area contributed by atoms with Crippen LogP contribution in [0.4, 0.5) is 0 Å². The van der Waals surface area contributed by atoms with Crippen LogP contribution in [0.25, 0.3) is 10.9 Å². The first kappa shape index (κ1) is 21.6. The Labute approximate surface area is 182 Å². The number of amides is 1. The molecule has 0 aliphatic carbocycles. The lowest BCUT2D eigenvalue weighted by Crippen LogP contribution is -2.41. The zero-order valence-electron chi connectivity index (χ0n) is 17.3. The van der Waals surface area contributed by atoms with E-state index in [9.17, 15) is 24.6 Å². The minimum absolute atomic E-state index is 0.0816. The lowest BCUT2D eigenvalue weighted by molar-refractivity contribution is 0.0383. The van der Waals surface area contributed by atoms with E-state index in [2.05, 4.69) is 15.2 Å². The van der Waals surface area contributed by atoms with Gasteiger partial charge in [-0.3, -0.25) is 19.1 Å². The van der Waals surface area contributed by atoms with Gasteiger partial charge in [-0.15, -0.1) is 0 Å². The van der Waals surface area contributed by atoms with Gasteiger partial charge in [0.15, 0.2) is 11.5 Å². The predicted octanol–water partition coefficient (Wildman–Crippen LogP) is 0.211. The molecule has 0 spiro atoms. The van der Waals surface area contributed by atoms with E-state index >= 15 is 0 Å². The molecule has 168 valence electrons. The van der Waals surface area contributed by atoms with Gasteiger partial charge in [-0.1, -0.05) is 6.07 Å². The molecular weight excluding hydrogens is 416 g/mol. The van der Waals surface area contributed by atoms with Crippen LogP contribution in [0, 0.1) is 0 Å². The normalized spacial score (nSPS) is 14.5. The van der Waals surface area contributed by atoms with Crippen LogP contribution < -0.4 is 16.6 Å². The molecule has 1 fully saturated rings. The Bertz CT molecular complexity index is 1260. The second kappa shape index (κ2) is 9.25. The van der Waals surface area contributed by atoms with Crippen molar-refractivity contribution < 1.29 is 19.7 Å². The highest BCUT2D eigenvalue weighted by atomic mass is 16.5. The van der Waals surface area contributed by atoms with Gasteiger partial charge in [0.2, 0.25) is 0 Å². The number of H-pyrrole nitrogens is 1. The average Bonchev–Trinajstić information content (AvgIpc) is 2.79. The Morgan fingerprint density at radius 1 is 1.06 bits per heavy atom. The number of ether oxygens (including phenoxy) is 1. The maximum Gasteiger partial charge on any atom is 0.329 e. The van der Waals surface area contributed by atoms with Crippen molar-refractivity contribution in [2.75, 3.05) is 39.4 Å². The third-order valence-corrected chi connectivity index (χ3v) is 5.44. The van der Waals surface area contributed by atoms with Crippen LogP contribution in [0.15, 0.2) is 46.0 Å². The third kappa shape index (κ3) is 4.66. The van der Waals surface area contributed by atoms with E-state index in [0.717, 1.165) is 24.2 Å². The lowest BCUT2D eigenvalue weighted by Gasteiger charge is -2.26. The van der Waals surface area contributed by atoms with Crippen molar-refractivity contribution >= 4 is 16.8 Å². The first-order valence-electron chi connectivity index (χ1n) is 10.3. The first-order chi connectivity index (χ1) is 15.4. The van der Waals surface area contributed by atoms with E-state index in [1.165, 1.54) is 30.3 Å². The minimum atomic E-state index is -0.639. The summed E-state index contributed by atoms with van der Waals surface area (Å²) in [5, 5.41) is 22.2. The Balaban J connectivity index is 1.51. The molecule has 0 unspecified atom stereocenters. The van der Waals surface area contributed by atoms with Crippen molar-refractivity contribution in [3.8, 4) is 11.5 Å². The Hall–Kier alpha value is -3.63. The number of nitrogens with one attached hydrogen (secondary N) is 2. The fraction of sp³-hybridized carbons (Fsp3) is 0.318. The average molecular weight is 440 g/mol. The number of fused-ring (bicyclic) bond motifs is 1. The number of aromatic nitrogens is 2. The van der Waals surface area contributed by atoms with Gasteiger partial charge in [0.05, 0.1) is 30.7 Å². The highest BCUT2D eigenvalue weighted by Crippen LogP contribution is 2.25. The summed E-state index contributed by atoms with van der Waals surface area (Å²) in [6.45, 7) is 4.17. The van der Waals surface area contributed by atoms with Crippen LogP contribution in [0.3, 0.4) is 0 Å². The molecule has 1 aliphatic heterocycles. The van der Waals surface area contributed by atoms with Crippen LogP contribution in [0.2, 0.25) is 0 Å². The van der Waals surface area contributed by atoms with Crippen LogP contribution in [-0.2, 0) is 11.3 Å². The van der Waals surface area contributed by atoms with Crippen LogP contribution in [0.5, 0.6) is 11.5 Å². The van der Waals surface area contributed by atoms with Crippen LogP contribution in [-0.4, -0.2) is 70.0 Å². The van der Waals surface area contributed by atoms with Gasteiger partial charge in [-0.05, 0) is 35.9 Å². The first-order valence-corrected chi connectivity index (χ1v) is 10.3. The molecule has 0 saturated carbocycles. The zero-order chi connectivity index (χ0) is 22.7. The number of carbonyl (C=O) groups is 1. The minimum Gasteiger partial charge on any atom is -0.504 e. The second-order valence-corrected chi connectivity index (χ2v) is 7.61. The summed E-state index contributed by atoms with van der Waals surface area (Å²) in [7, 11) is 0. The summed E-state index contributed by atoms with van der Waals surface area (Å²) in [5.41, 5.74) is -0.0691. The topological polar surface area (TPSA) is 137 Å². The number of benzene rings is 2. The molecule has 0 bridgehead atoms. The number of rotatable bonds is 6. The number of aromatic hydroxyl groups is 2. The maximum atomic E-state index is 12.8. The van der Waals surface area contributed by atoms with E-state index in [0.29, 0.717) is 30.9 Å². The van der Waals surface area contributed by atoms with Crippen molar-refractivity contribution in [2.45, 2.75) is 6.54 Å². The Morgan fingerprint density at radius 2 is 1.84 bits per heavy atom. The number of nitrogens with zero attached hydrogens (tertiary/aromatic N) is 2. The summed E-state index contributed by atoms with van der Waals surface area (Å²) < 4.78 is 6.30. The van der Waals surface area contributed by atoms with Gasteiger partial charge in [0.1, 0.15) is 0 Å². The van der Waals surface area contributed by atoms with Crippen molar-refractivity contribution in [1.82, 2.24) is 19.8 Å². The maximum absolute atomic E-state index is 12.8. The molecular formula is C22H24N4O6. The standard InChI is InChI=1S/C22H24N4O6/c27-18-4-1-14(11-19(18)28)13-26-21(30)16-3-2-15(12-17(16)24-22(26)31)20(29)23-5-6-25-7-9-32-10-8-25/h1-4,11-12,27-28H,5-10,13H2,(H,23,29)(H,24,31). The molecule has 2 aromatic carbocycles. The van der Waals surface area contributed by atoms with Gasteiger partial charge < -0.3 is 25.3 Å². The van der Waals surface area contributed by atoms with Crippen molar-refractivity contribution in [3.63, 3.8) is 0 Å². The molecule has 2 heterocycles. The molecule has 4 N–H and O–H groups in total. The summed E-state index contributed by atoms with van der Waals surface area (Å²) >= 11 is 0. The van der Waals surface area contributed by atoms with Gasteiger partial charge >= 0.3 is 5.69 Å². The summed E-state index contributed by atoms with van der Waals surface area (Å²) in [5.74, 6) is -0.911. The number of carbonyl (C=O) groups excluding carboxylic acids is 1. The Kier molecular flexibility index (Phi) is 6.24. The highest BCUT2D eigenvalue weighted by Gasteiger charge is 2.14. The fourth-order valence-corrected chi connectivity index (χ4v) is 3.64. The summed E-state index contributed by atoms with van der Waals surface area (Å²) in [6, 6.07) is 8.62. The molecule has 1 aliphatic rings. The van der Waals surface area contributed by atoms with Gasteiger partial charge in [-0.2, -0.15) is 0 Å². The quantitative estimate of drug-likeness (QED) is 0.402. The largest absolute Gasteiger partial charge is 0.504 e. The van der Waals surface area contributed by atoms with Gasteiger partial charge in [-0.25, -0.2) is 4.79 Å². The molecule has 1 saturated heterocycles. The van der Waals surface area contributed by atoms with Crippen LogP contribution in [0.1, 0.15) is 15.9 Å². The van der Waals surface area contributed by atoms with Gasteiger partial charge in [0.25, 0.3) is 11.5 Å². The molecule has 3 aromatic rings. The van der Waals surface area contributed by atoms with E-state index in [1.807, 2.05) is 0 Å². The van der Waals surface area contributed by atoms with E-state index in [1.54, 1.807) is 6.07 Å². The molecule has 0 atom stereocenters. The molecule has 1 aromatic heterocycles. The molecule has 4 rings (SSSR count). The lowest BCUT2D eigenvalue weighted by atomic mass is 10.1. The van der Waals surface area contributed by atoms with Crippen LogP contribution >= 0.6 is 0 Å². The summed E-state index contributed by atoms with van der Waals surface area (Å²) in [4.78, 5) is 42.7. The number of hydrogen-bond donors (Lipinski definition) is 4. The Morgan fingerprint density at radius 3 is 2.59 bits per heavy atom. The van der Waals surface area contributed by atoms with E-state index < -0.39 is 11.2 Å².